The number of hydrogen-bond donors (Lipinski definition) is 1. The van der Waals surface area contributed by atoms with Crippen LogP contribution in [-0.2, 0) is 0 Å². The van der Waals surface area contributed by atoms with Crippen molar-refractivity contribution in [3.05, 3.63) is 29.3 Å². The quantitative estimate of drug-likeness (QED) is 0.831. The van der Waals surface area contributed by atoms with Crippen LogP contribution < -0.4 is 5.32 Å². The Morgan fingerprint density at radius 2 is 2.24 bits per heavy atom. The van der Waals surface area contributed by atoms with Crippen molar-refractivity contribution in [2.75, 3.05) is 12.8 Å². The van der Waals surface area contributed by atoms with E-state index in [9.17, 15) is 5.26 Å². The minimum atomic E-state index is -0.399. The van der Waals surface area contributed by atoms with Crippen molar-refractivity contribution in [1.29, 1.82) is 5.26 Å². The molecule has 0 heterocycles. The van der Waals surface area contributed by atoms with Crippen LogP contribution in [0.15, 0.2) is 29.2 Å². The van der Waals surface area contributed by atoms with E-state index in [1.807, 2.05) is 31.3 Å². The van der Waals surface area contributed by atoms with Gasteiger partial charge in [0.2, 0.25) is 0 Å². The molecule has 2 rings (SSSR count). The number of rotatable bonds is 5. The summed E-state index contributed by atoms with van der Waals surface area (Å²) in [4.78, 5) is 1.05. The van der Waals surface area contributed by atoms with Crippen molar-refractivity contribution in [3.63, 3.8) is 0 Å². The van der Waals surface area contributed by atoms with E-state index in [1.54, 1.807) is 11.8 Å². The number of nitrogens with zero attached hydrogens (tertiary/aromatic N) is 1. The van der Waals surface area contributed by atoms with E-state index in [1.165, 1.54) is 0 Å². The highest BCUT2D eigenvalue weighted by molar-refractivity contribution is 7.99. The van der Waals surface area contributed by atoms with Crippen molar-refractivity contribution in [2.45, 2.75) is 23.3 Å². The van der Waals surface area contributed by atoms with Gasteiger partial charge < -0.3 is 5.32 Å². The van der Waals surface area contributed by atoms with Crippen LogP contribution in [-0.4, -0.2) is 18.3 Å². The molecule has 1 saturated carbocycles. The van der Waals surface area contributed by atoms with E-state index < -0.39 is 5.54 Å². The Morgan fingerprint density at radius 1 is 1.53 bits per heavy atom. The van der Waals surface area contributed by atoms with E-state index >= 15 is 0 Å². The number of nitriles is 1. The molecule has 1 aliphatic rings. The molecule has 0 spiro atoms. The van der Waals surface area contributed by atoms with E-state index in [2.05, 4.69) is 11.4 Å². The molecule has 1 aromatic carbocycles. The van der Waals surface area contributed by atoms with Crippen molar-refractivity contribution in [1.82, 2.24) is 5.32 Å². The van der Waals surface area contributed by atoms with Gasteiger partial charge in [-0.2, -0.15) is 5.26 Å². The number of benzene rings is 1. The highest BCUT2D eigenvalue weighted by Gasteiger charge is 2.44. The second-order valence-electron chi connectivity index (χ2n) is 4.33. The maximum atomic E-state index is 9.38. The Kier molecular flexibility index (Phi) is 3.98. The predicted molar refractivity (Wildman–Crippen MR) is 72.3 cm³/mol. The summed E-state index contributed by atoms with van der Waals surface area (Å²) in [5.41, 5.74) is -0.399. The molecule has 0 aliphatic heterocycles. The second kappa shape index (κ2) is 5.30. The lowest BCUT2D eigenvalue weighted by molar-refractivity contribution is 0.441. The molecule has 1 unspecified atom stereocenters. The fourth-order valence-corrected chi connectivity index (χ4v) is 3.41. The van der Waals surface area contributed by atoms with Crippen LogP contribution in [0.1, 0.15) is 12.8 Å². The number of thioether (sulfide) groups is 1. The Hall–Kier alpha value is -0.690. The molecule has 0 saturated heterocycles. The summed E-state index contributed by atoms with van der Waals surface area (Å²) >= 11 is 7.77. The van der Waals surface area contributed by atoms with Gasteiger partial charge in [-0.05, 0) is 37.9 Å². The van der Waals surface area contributed by atoms with Crippen molar-refractivity contribution in [2.24, 2.45) is 5.92 Å². The van der Waals surface area contributed by atoms with Crippen molar-refractivity contribution >= 4 is 23.4 Å². The average molecular weight is 267 g/mol. The molecule has 90 valence electrons. The van der Waals surface area contributed by atoms with E-state index in [0.717, 1.165) is 28.5 Å². The predicted octanol–water partition coefficient (Wildman–Crippen LogP) is 3.32. The minimum absolute atomic E-state index is 0.399. The summed E-state index contributed by atoms with van der Waals surface area (Å²) < 4.78 is 0. The topological polar surface area (TPSA) is 35.8 Å². The van der Waals surface area contributed by atoms with Gasteiger partial charge in [0, 0.05) is 10.6 Å². The van der Waals surface area contributed by atoms with E-state index in [0.29, 0.717) is 5.92 Å². The Morgan fingerprint density at radius 3 is 2.76 bits per heavy atom. The Bertz CT molecular complexity index is 439. The van der Waals surface area contributed by atoms with Crippen molar-refractivity contribution < 1.29 is 0 Å². The molecule has 0 aromatic heterocycles. The molecule has 4 heteroatoms. The second-order valence-corrected chi connectivity index (χ2v) is 5.75. The van der Waals surface area contributed by atoms with Gasteiger partial charge in [0.05, 0.1) is 11.1 Å². The van der Waals surface area contributed by atoms with Gasteiger partial charge in [-0.3, -0.25) is 0 Å². The molecule has 0 radical (unpaired) electrons. The zero-order valence-electron chi connectivity index (χ0n) is 9.74. The van der Waals surface area contributed by atoms with Crippen LogP contribution in [0.4, 0.5) is 0 Å². The first-order valence-electron chi connectivity index (χ1n) is 5.69. The van der Waals surface area contributed by atoms with Gasteiger partial charge >= 0.3 is 0 Å². The summed E-state index contributed by atoms with van der Waals surface area (Å²) in [7, 11) is 1.87. The fourth-order valence-electron chi connectivity index (χ4n) is 1.90. The molecular weight excluding hydrogens is 252 g/mol. The third kappa shape index (κ3) is 2.77. The maximum Gasteiger partial charge on any atom is 0.118 e. The van der Waals surface area contributed by atoms with Gasteiger partial charge in [-0.1, -0.05) is 23.7 Å². The summed E-state index contributed by atoms with van der Waals surface area (Å²) in [6.45, 7) is 0. The van der Waals surface area contributed by atoms with Gasteiger partial charge in [0.1, 0.15) is 5.54 Å². The van der Waals surface area contributed by atoms with Crippen LogP contribution in [0.25, 0.3) is 0 Å². The first kappa shape index (κ1) is 12.8. The van der Waals surface area contributed by atoms with Gasteiger partial charge in [0.25, 0.3) is 0 Å². The van der Waals surface area contributed by atoms with Crippen LogP contribution in [0.5, 0.6) is 0 Å². The third-order valence-corrected chi connectivity index (χ3v) is 4.92. The van der Waals surface area contributed by atoms with E-state index in [-0.39, 0.29) is 0 Å². The van der Waals surface area contributed by atoms with Crippen LogP contribution in [0.2, 0.25) is 5.02 Å². The number of nitrogens with one attached hydrogen (secondary N) is 1. The smallest absolute Gasteiger partial charge is 0.118 e. The molecule has 1 aliphatic carbocycles. The monoisotopic (exact) mass is 266 g/mol. The lowest BCUT2D eigenvalue weighted by Crippen LogP contribution is -2.46. The minimum Gasteiger partial charge on any atom is -0.302 e. The first-order valence-corrected chi connectivity index (χ1v) is 7.06. The lowest BCUT2D eigenvalue weighted by Gasteiger charge is -2.25. The lowest BCUT2D eigenvalue weighted by atomic mass is 9.98. The molecule has 17 heavy (non-hydrogen) atoms. The van der Waals surface area contributed by atoms with Crippen LogP contribution in [0.3, 0.4) is 0 Å². The fraction of sp³-hybridized carbons (Fsp3) is 0.462. The van der Waals surface area contributed by atoms with Crippen molar-refractivity contribution in [3.8, 4) is 6.07 Å². The van der Waals surface area contributed by atoms with Crippen LogP contribution in [0, 0.1) is 17.2 Å². The van der Waals surface area contributed by atoms with Crippen LogP contribution >= 0.6 is 23.4 Å². The van der Waals surface area contributed by atoms with Gasteiger partial charge in [0.15, 0.2) is 0 Å². The molecule has 0 amide bonds. The summed E-state index contributed by atoms with van der Waals surface area (Å²) in [5.74, 6) is 1.24. The Balaban J connectivity index is 2.06. The zero-order valence-corrected chi connectivity index (χ0v) is 11.3. The molecule has 2 nitrogen and oxygen atoms in total. The molecular formula is C13H15ClN2S. The summed E-state index contributed by atoms with van der Waals surface area (Å²) in [6.07, 6.45) is 2.30. The molecule has 1 fully saturated rings. The maximum absolute atomic E-state index is 9.38. The normalized spacial score (nSPS) is 18.4. The highest BCUT2D eigenvalue weighted by atomic mass is 35.5. The zero-order chi connectivity index (χ0) is 12.3. The third-order valence-electron chi connectivity index (χ3n) is 3.21. The molecule has 1 aromatic rings. The molecule has 0 bridgehead atoms. The summed E-state index contributed by atoms with van der Waals surface area (Å²) in [5, 5.41) is 13.3. The average Bonchev–Trinajstić information content (AvgIpc) is 3.18. The standard InChI is InChI=1S/C13H15ClN2S/c1-16-13(8-15,10-6-7-10)9-17-12-5-3-2-4-11(12)14/h2-5,10,16H,6-7,9H2,1H3. The number of hydrogen-bond acceptors (Lipinski definition) is 3. The number of halogens is 1. The highest BCUT2D eigenvalue weighted by Crippen LogP contribution is 2.42. The van der Waals surface area contributed by atoms with E-state index in [4.69, 9.17) is 11.6 Å². The molecule has 1 atom stereocenters. The van der Waals surface area contributed by atoms with Gasteiger partial charge in [-0.25, -0.2) is 0 Å². The van der Waals surface area contributed by atoms with Gasteiger partial charge in [-0.15, -0.1) is 11.8 Å². The first-order chi connectivity index (χ1) is 8.22. The Labute approximate surface area is 111 Å². The SMILES string of the molecule is CNC(C#N)(CSc1ccccc1Cl)C1CC1. The summed E-state index contributed by atoms with van der Waals surface area (Å²) in [6, 6.07) is 10.2. The largest absolute Gasteiger partial charge is 0.302 e. The molecule has 1 N–H and O–H groups in total.